The van der Waals surface area contributed by atoms with Crippen LogP contribution < -0.4 is 31.1 Å². The summed E-state index contributed by atoms with van der Waals surface area (Å²) in [7, 11) is 1.48. The van der Waals surface area contributed by atoms with Gasteiger partial charge in [0.1, 0.15) is 10.9 Å². The van der Waals surface area contributed by atoms with E-state index in [9.17, 15) is 9.59 Å². The molecule has 130 valence electrons. The molecule has 0 spiro atoms. The summed E-state index contributed by atoms with van der Waals surface area (Å²) in [5.74, 6) is 0.436. The smallest absolute Gasteiger partial charge is 0.283 e. The van der Waals surface area contributed by atoms with E-state index in [-0.39, 0.29) is 21.7 Å². The van der Waals surface area contributed by atoms with E-state index in [0.717, 1.165) is 11.3 Å². The van der Waals surface area contributed by atoms with Gasteiger partial charge in [-0.05, 0) is 18.2 Å². The maximum absolute atomic E-state index is 12.7. The van der Waals surface area contributed by atoms with Gasteiger partial charge in [0.05, 0.1) is 23.3 Å². The molecule has 8 nitrogen and oxygen atoms in total. The second-order valence-corrected chi connectivity index (χ2v) is 6.50. The molecule has 1 aromatic heterocycles. The fourth-order valence-electron chi connectivity index (χ4n) is 2.64. The number of nitrogens with one attached hydrogen (secondary N) is 2. The van der Waals surface area contributed by atoms with Crippen LogP contribution in [-0.2, 0) is 0 Å². The quantitative estimate of drug-likeness (QED) is 0.513. The van der Waals surface area contributed by atoms with Crippen LogP contribution in [0.25, 0.3) is 28.8 Å². The Kier molecular flexibility index (Phi) is 3.58. The summed E-state index contributed by atoms with van der Waals surface area (Å²) >= 11 is 1.16. The third-order valence-corrected chi connectivity index (χ3v) is 4.65. The highest BCUT2D eigenvalue weighted by Crippen LogP contribution is 2.23. The summed E-state index contributed by atoms with van der Waals surface area (Å²) in [4.78, 5) is 28.9. The van der Waals surface area contributed by atoms with Gasteiger partial charge in [0, 0.05) is 0 Å². The molecule has 0 radical (unpaired) electrons. The van der Waals surface area contributed by atoms with E-state index in [0.29, 0.717) is 26.5 Å². The fourth-order valence-corrected chi connectivity index (χ4v) is 3.35. The molecule has 0 atom stereocenters. The van der Waals surface area contributed by atoms with Gasteiger partial charge in [-0.15, -0.1) is 0 Å². The molecule has 2 aliphatic heterocycles. The first-order valence-corrected chi connectivity index (χ1v) is 8.27. The molecule has 0 amide bonds. The molecule has 0 saturated heterocycles. The first kappa shape index (κ1) is 16.0. The van der Waals surface area contributed by atoms with Crippen LogP contribution in [0.15, 0.2) is 38.5 Å². The number of hydrogen-bond donors (Lipinski definition) is 2. The molecular formula is C17H12N4O4S. The molecule has 2 aromatic rings. The Balaban J connectivity index is 2.06. The number of nitrogens with zero attached hydrogens (tertiary/aromatic N) is 2. The average molecular weight is 368 g/mol. The Morgan fingerprint density at radius 3 is 3.00 bits per heavy atom. The number of rotatable bonds is 2. The number of ether oxygens (including phenoxy) is 1. The van der Waals surface area contributed by atoms with Gasteiger partial charge in [0.15, 0.2) is 22.2 Å². The van der Waals surface area contributed by atoms with Crippen molar-refractivity contribution >= 4 is 35.0 Å². The number of para-hydroxylation sites is 1. The molecule has 2 N–H and O–H groups in total. The van der Waals surface area contributed by atoms with Crippen molar-refractivity contribution in [1.82, 2.24) is 14.8 Å². The summed E-state index contributed by atoms with van der Waals surface area (Å²) in [5, 5.41) is 11.7. The highest BCUT2D eigenvalue weighted by molar-refractivity contribution is 7.11. The van der Waals surface area contributed by atoms with Crippen molar-refractivity contribution in [1.29, 1.82) is 5.41 Å². The molecule has 0 aliphatic carbocycles. The van der Waals surface area contributed by atoms with Crippen LogP contribution in [-0.4, -0.2) is 21.9 Å². The molecule has 0 saturated carbocycles. The van der Waals surface area contributed by atoms with Gasteiger partial charge in [-0.3, -0.25) is 20.1 Å². The SMILES string of the molecule is C=c1[nH]n2c(=N)c(=Cc3coc4c(OC)cccc4c3=O)c(=O)nc-2s1. The minimum atomic E-state index is -0.601. The molecule has 0 unspecified atom stereocenters. The van der Waals surface area contributed by atoms with Crippen molar-refractivity contribution in [2.75, 3.05) is 7.11 Å². The fraction of sp³-hybridized carbons (Fsp3) is 0.0588. The number of H-pyrrole nitrogens is 1. The molecule has 0 bridgehead atoms. The topological polar surface area (TPSA) is 114 Å². The number of aromatic nitrogens is 3. The van der Waals surface area contributed by atoms with Crippen LogP contribution in [0.4, 0.5) is 0 Å². The standard InChI is InChI=1S/C17H12N4O4S/c1-8-20-21-15(18)11(16(23)19-17(21)26-8)6-9-7-25-14-10(13(9)22)4-3-5-12(14)24-2/h3-7,18,20H,1H2,2H3. The zero-order valence-electron chi connectivity index (χ0n) is 13.5. The number of benzene rings is 1. The van der Waals surface area contributed by atoms with E-state index in [1.165, 1.54) is 24.1 Å². The Morgan fingerprint density at radius 1 is 1.42 bits per heavy atom. The van der Waals surface area contributed by atoms with E-state index in [2.05, 4.69) is 16.7 Å². The molecule has 3 heterocycles. The predicted octanol–water partition coefficient (Wildman–Crippen LogP) is -0.107. The van der Waals surface area contributed by atoms with Crippen molar-refractivity contribution < 1.29 is 9.15 Å². The molecule has 9 heteroatoms. The maximum atomic E-state index is 12.7. The third-order valence-electron chi connectivity index (χ3n) is 3.86. The summed E-state index contributed by atoms with van der Waals surface area (Å²) in [6.07, 6.45) is 2.55. The number of fused-ring (bicyclic) bond motifs is 2. The van der Waals surface area contributed by atoms with Gasteiger partial charge < -0.3 is 9.15 Å². The van der Waals surface area contributed by atoms with E-state index >= 15 is 0 Å². The van der Waals surface area contributed by atoms with Crippen molar-refractivity contribution in [3.05, 3.63) is 66.0 Å². The highest BCUT2D eigenvalue weighted by atomic mass is 32.1. The van der Waals surface area contributed by atoms with Gasteiger partial charge in [-0.25, -0.2) is 4.68 Å². The molecular weight excluding hydrogens is 356 g/mol. The van der Waals surface area contributed by atoms with Crippen LogP contribution in [0.3, 0.4) is 0 Å². The zero-order valence-corrected chi connectivity index (χ0v) is 14.3. The monoisotopic (exact) mass is 368 g/mol. The van der Waals surface area contributed by atoms with Crippen molar-refractivity contribution in [3.63, 3.8) is 0 Å². The van der Waals surface area contributed by atoms with Crippen LogP contribution in [0.5, 0.6) is 5.75 Å². The second kappa shape index (κ2) is 5.81. The molecule has 4 rings (SSSR count). The minimum absolute atomic E-state index is 0.0221. The maximum Gasteiger partial charge on any atom is 0.283 e. The third kappa shape index (κ3) is 2.37. The Hall–Kier alpha value is -3.46. The summed E-state index contributed by atoms with van der Waals surface area (Å²) in [6, 6.07) is 4.97. The van der Waals surface area contributed by atoms with Gasteiger partial charge in [-0.2, -0.15) is 4.98 Å². The Morgan fingerprint density at radius 2 is 2.23 bits per heavy atom. The van der Waals surface area contributed by atoms with Crippen LogP contribution in [0.1, 0.15) is 5.56 Å². The minimum Gasteiger partial charge on any atom is -0.493 e. The van der Waals surface area contributed by atoms with Gasteiger partial charge in [0.25, 0.3) is 5.56 Å². The highest BCUT2D eigenvalue weighted by Gasteiger charge is 2.12. The summed E-state index contributed by atoms with van der Waals surface area (Å²) < 4.78 is 12.6. The van der Waals surface area contributed by atoms with Gasteiger partial charge >= 0.3 is 0 Å². The normalized spacial score (nSPS) is 12.1. The lowest BCUT2D eigenvalue weighted by Crippen LogP contribution is -2.47. The number of hydrogen-bond acceptors (Lipinski definition) is 7. The second-order valence-electron chi connectivity index (χ2n) is 5.44. The van der Waals surface area contributed by atoms with E-state index in [4.69, 9.17) is 14.6 Å². The Bertz CT molecular complexity index is 1410. The first-order valence-electron chi connectivity index (χ1n) is 7.45. The number of aromatic amines is 1. The lowest BCUT2D eigenvalue weighted by molar-refractivity contribution is 0.409. The molecule has 0 fully saturated rings. The lowest BCUT2D eigenvalue weighted by atomic mass is 10.1. The van der Waals surface area contributed by atoms with Crippen molar-refractivity contribution in [2.45, 2.75) is 0 Å². The summed E-state index contributed by atoms with van der Waals surface area (Å²) in [5.41, 5.74) is -0.586. The van der Waals surface area contributed by atoms with Gasteiger partial charge in [0.2, 0.25) is 5.13 Å². The molecule has 2 aliphatic rings. The summed E-state index contributed by atoms with van der Waals surface area (Å²) in [6.45, 7) is 3.74. The lowest BCUT2D eigenvalue weighted by Gasteiger charge is -2.04. The first-order chi connectivity index (χ1) is 12.5. The van der Waals surface area contributed by atoms with Gasteiger partial charge in [-0.1, -0.05) is 24.0 Å². The van der Waals surface area contributed by atoms with Crippen molar-refractivity contribution in [3.8, 4) is 10.9 Å². The van der Waals surface area contributed by atoms with E-state index in [1.54, 1.807) is 18.2 Å². The Labute approximate surface area is 148 Å². The van der Waals surface area contributed by atoms with Crippen LogP contribution in [0.2, 0.25) is 0 Å². The largest absolute Gasteiger partial charge is 0.493 e. The number of methoxy groups -OCH3 is 1. The zero-order chi connectivity index (χ0) is 18.4. The molecule has 26 heavy (non-hydrogen) atoms. The predicted molar refractivity (Wildman–Crippen MR) is 96.5 cm³/mol. The van der Waals surface area contributed by atoms with E-state index in [1.807, 2.05) is 0 Å². The average Bonchev–Trinajstić information content (AvgIpc) is 3.00. The van der Waals surface area contributed by atoms with E-state index < -0.39 is 5.56 Å². The van der Waals surface area contributed by atoms with Crippen LogP contribution in [0, 0.1) is 5.41 Å². The molecule has 1 aromatic carbocycles. The van der Waals surface area contributed by atoms with Crippen LogP contribution >= 0.6 is 11.3 Å². The van der Waals surface area contributed by atoms with Crippen molar-refractivity contribution in [2.24, 2.45) is 0 Å².